The highest BCUT2D eigenvalue weighted by atomic mass is 16.5. The number of aromatic nitrogens is 2. The summed E-state index contributed by atoms with van der Waals surface area (Å²) in [7, 11) is 5.11. The highest BCUT2D eigenvalue weighted by molar-refractivity contribution is 5.95. The number of rotatable bonds is 3. The molecule has 2 aromatic carbocycles. The molecule has 0 bridgehead atoms. The summed E-state index contributed by atoms with van der Waals surface area (Å²) in [5.74, 6) is 2.01. The second kappa shape index (κ2) is 7.34. The molecule has 0 radical (unpaired) electrons. The summed E-state index contributed by atoms with van der Waals surface area (Å²) in [4.78, 5) is 15.0. The predicted molar refractivity (Wildman–Crippen MR) is 116 cm³/mol. The zero-order valence-corrected chi connectivity index (χ0v) is 17.9. The maximum absolute atomic E-state index is 13.2. The van der Waals surface area contributed by atoms with Crippen LogP contribution in [0.15, 0.2) is 48.7 Å². The molecule has 0 unspecified atom stereocenters. The first kappa shape index (κ1) is 19.5. The van der Waals surface area contributed by atoms with Gasteiger partial charge in [-0.2, -0.15) is 5.10 Å². The van der Waals surface area contributed by atoms with Gasteiger partial charge in [0.25, 0.3) is 5.91 Å². The van der Waals surface area contributed by atoms with E-state index in [1.165, 1.54) is 0 Å². The number of fused-ring (bicyclic) bond motifs is 4. The number of carbonyl (C=O) groups excluding carboxylic acids is 1. The minimum absolute atomic E-state index is 0.0153. The van der Waals surface area contributed by atoms with Gasteiger partial charge < -0.3 is 19.1 Å². The molecule has 0 N–H and O–H groups in total. The predicted octanol–water partition coefficient (Wildman–Crippen LogP) is 3.63. The van der Waals surface area contributed by atoms with E-state index in [2.05, 4.69) is 11.2 Å². The van der Waals surface area contributed by atoms with Crippen molar-refractivity contribution in [3.05, 3.63) is 59.8 Å². The molecule has 1 fully saturated rings. The quantitative estimate of drug-likeness (QED) is 0.649. The highest BCUT2D eigenvalue weighted by Crippen LogP contribution is 2.49. The van der Waals surface area contributed by atoms with Crippen LogP contribution in [0.2, 0.25) is 0 Å². The number of methoxy groups -OCH3 is 2. The van der Waals surface area contributed by atoms with Crippen molar-refractivity contribution < 1.29 is 19.0 Å². The van der Waals surface area contributed by atoms with E-state index >= 15 is 0 Å². The number of hydrogen-bond donors (Lipinski definition) is 0. The molecule has 1 spiro atoms. The van der Waals surface area contributed by atoms with Crippen LogP contribution in [-0.4, -0.2) is 47.9 Å². The summed E-state index contributed by atoms with van der Waals surface area (Å²) in [6.45, 7) is 1.20. The van der Waals surface area contributed by atoms with Gasteiger partial charge in [-0.05, 0) is 30.3 Å². The Morgan fingerprint density at radius 3 is 2.55 bits per heavy atom. The Morgan fingerprint density at radius 2 is 1.81 bits per heavy atom. The van der Waals surface area contributed by atoms with E-state index in [-0.39, 0.29) is 5.91 Å². The number of aryl methyl sites for hydroxylation is 1. The first-order valence-corrected chi connectivity index (χ1v) is 10.4. The first-order valence-electron chi connectivity index (χ1n) is 10.4. The number of ether oxygens (including phenoxy) is 3. The normalized spacial score (nSPS) is 16.3. The average Bonchev–Trinajstić information content (AvgIpc) is 3.21. The largest absolute Gasteiger partial charge is 0.493 e. The van der Waals surface area contributed by atoms with Gasteiger partial charge in [0, 0.05) is 49.7 Å². The summed E-state index contributed by atoms with van der Waals surface area (Å²) in [6, 6.07) is 13.4. The lowest BCUT2D eigenvalue weighted by atomic mass is 9.81. The van der Waals surface area contributed by atoms with Crippen LogP contribution >= 0.6 is 0 Å². The summed E-state index contributed by atoms with van der Waals surface area (Å²) >= 11 is 0. The number of hydrogen-bond acceptors (Lipinski definition) is 5. The van der Waals surface area contributed by atoms with Gasteiger partial charge in [-0.3, -0.25) is 9.48 Å². The van der Waals surface area contributed by atoms with Gasteiger partial charge in [0.05, 0.1) is 26.1 Å². The van der Waals surface area contributed by atoms with Crippen molar-refractivity contribution >= 4 is 5.91 Å². The van der Waals surface area contributed by atoms with Gasteiger partial charge in [0.2, 0.25) is 0 Å². The van der Waals surface area contributed by atoms with Gasteiger partial charge in [-0.25, -0.2) is 0 Å². The summed E-state index contributed by atoms with van der Waals surface area (Å²) in [5, 5.41) is 4.51. The topological polar surface area (TPSA) is 65.8 Å². The van der Waals surface area contributed by atoms with Crippen LogP contribution in [0.5, 0.6) is 17.2 Å². The number of para-hydroxylation sites is 1. The molecule has 160 valence electrons. The van der Waals surface area contributed by atoms with E-state index in [9.17, 15) is 4.79 Å². The van der Waals surface area contributed by atoms with Gasteiger partial charge in [0.15, 0.2) is 11.5 Å². The number of nitrogens with zero attached hydrogens (tertiary/aromatic N) is 3. The Kier molecular flexibility index (Phi) is 4.61. The van der Waals surface area contributed by atoms with Crippen molar-refractivity contribution in [3.63, 3.8) is 0 Å². The van der Waals surface area contributed by atoms with E-state index in [0.717, 1.165) is 22.6 Å². The smallest absolute Gasteiger partial charge is 0.253 e. The monoisotopic (exact) mass is 419 g/mol. The number of benzene rings is 2. The number of likely N-dealkylation sites (tertiary alicyclic amines) is 1. The van der Waals surface area contributed by atoms with Crippen LogP contribution in [0.25, 0.3) is 11.3 Å². The molecule has 1 saturated heterocycles. The molecule has 1 aromatic heterocycles. The van der Waals surface area contributed by atoms with Crippen LogP contribution in [0.1, 0.15) is 28.8 Å². The maximum atomic E-state index is 13.2. The van der Waals surface area contributed by atoms with Crippen molar-refractivity contribution in [1.82, 2.24) is 14.7 Å². The van der Waals surface area contributed by atoms with Gasteiger partial charge >= 0.3 is 0 Å². The summed E-state index contributed by atoms with van der Waals surface area (Å²) in [6.07, 6.45) is 3.33. The fourth-order valence-electron chi connectivity index (χ4n) is 4.70. The molecule has 2 aliphatic rings. The molecule has 7 nitrogen and oxygen atoms in total. The number of piperidine rings is 1. The van der Waals surface area contributed by atoms with Gasteiger partial charge in [-0.1, -0.05) is 12.1 Å². The first-order chi connectivity index (χ1) is 15.1. The molecule has 31 heavy (non-hydrogen) atoms. The summed E-state index contributed by atoms with van der Waals surface area (Å²) in [5.41, 5.74) is 3.39. The third-order valence-electron chi connectivity index (χ3n) is 6.37. The van der Waals surface area contributed by atoms with Crippen molar-refractivity contribution in [2.45, 2.75) is 18.4 Å². The Labute approximate surface area is 181 Å². The zero-order valence-electron chi connectivity index (χ0n) is 17.9. The van der Waals surface area contributed by atoms with Crippen LogP contribution in [0.4, 0.5) is 0 Å². The molecule has 2 aliphatic heterocycles. The van der Waals surface area contributed by atoms with Crippen molar-refractivity contribution in [2.75, 3.05) is 27.3 Å². The van der Waals surface area contributed by atoms with E-state index in [1.807, 2.05) is 41.0 Å². The van der Waals surface area contributed by atoms with E-state index in [1.54, 1.807) is 32.4 Å². The molecule has 7 heteroatoms. The fourth-order valence-corrected chi connectivity index (χ4v) is 4.70. The molecule has 1 amide bonds. The molecule has 3 aromatic rings. The van der Waals surface area contributed by atoms with E-state index in [4.69, 9.17) is 14.2 Å². The number of amides is 1. The van der Waals surface area contributed by atoms with E-state index < -0.39 is 5.60 Å². The average molecular weight is 419 g/mol. The molecular formula is C24H25N3O4. The standard InChI is InChI=1S/C24H25N3O4/c1-26-22-17-6-4-5-7-19(17)31-24(18(22)15-25-26)10-12-27(13-11-24)23(28)16-8-9-20(29-2)21(14-16)30-3/h4-9,14-15H,10-13H2,1-3H3. The van der Waals surface area contributed by atoms with Crippen LogP contribution in [0, 0.1) is 0 Å². The molecular weight excluding hydrogens is 394 g/mol. The van der Waals surface area contributed by atoms with Gasteiger partial charge in [0.1, 0.15) is 11.4 Å². The zero-order chi connectivity index (χ0) is 21.6. The Morgan fingerprint density at radius 1 is 1.06 bits per heavy atom. The van der Waals surface area contributed by atoms with Crippen molar-refractivity contribution in [3.8, 4) is 28.5 Å². The molecule has 3 heterocycles. The van der Waals surface area contributed by atoms with Gasteiger partial charge in [-0.15, -0.1) is 0 Å². The summed E-state index contributed by atoms with van der Waals surface area (Å²) < 4.78 is 19.1. The highest BCUT2D eigenvalue weighted by Gasteiger charge is 2.45. The number of carbonyl (C=O) groups is 1. The van der Waals surface area contributed by atoms with E-state index in [0.29, 0.717) is 43.0 Å². The molecule has 5 rings (SSSR count). The Balaban J connectivity index is 1.40. The SMILES string of the molecule is COc1ccc(C(=O)N2CCC3(CC2)Oc2ccccc2-c2c3cnn2C)cc1OC. The molecule has 0 aliphatic carbocycles. The third kappa shape index (κ3) is 3.03. The minimum atomic E-state index is -0.466. The third-order valence-corrected chi connectivity index (χ3v) is 6.37. The Bertz CT molecular complexity index is 1150. The lowest BCUT2D eigenvalue weighted by Gasteiger charge is -2.44. The van der Waals surface area contributed by atoms with Crippen molar-refractivity contribution in [2.24, 2.45) is 7.05 Å². The molecule has 0 atom stereocenters. The fraction of sp³-hybridized carbons (Fsp3) is 0.333. The lowest BCUT2D eigenvalue weighted by Crippen LogP contribution is -2.49. The van der Waals surface area contributed by atoms with Crippen LogP contribution in [0.3, 0.4) is 0 Å². The second-order valence-corrected chi connectivity index (χ2v) is 7.98. The minimum Gasteiger partial charge on any atom is -0.493 e. The maximum Gasteiger partial charge on any atom is 0.253 e. The van der Waals surface area contributed by atoms with Crippen LogP contribution < -0.4 is 14.2 Å². The Hall–Kier alpha value is -3.48. The second-order valence-electron chi connectivity index (χ2n) is 7.98. The molecule has 0 saturated carbocycles. The van der Waals surface area contributed by atoms with Crippen LogP contribution in [-0.2, 0) is 12.6 Å². The van der Waals surface area contributed by atoms with Crippen molar-refractivity contribution in [1.29, 1.82) is 0 Å². The lowest BCUT2D eigenvalue weighted by molar-refractivity contribution is -0.00173.